The van der Waals surface area contributed by atoms with Crippen LogP contribution in [0.2, 0.25) is 0 Å². The maximum absolute atomic E-state index is 14.2. The average Bonchev–Trinajstić information content (AvgIpc) is 3.23. The number of nitrogen functional groups attached to an aromatic ring is 1. The Hall–Kier alpha value is -6.58. The summed E-state index contributed by atoms with van der Waals surface area (Å²) in [6.45, 7) is 0. The molecule has 0 aliphatic heterocycles. The van der Waals surface area contributed by atoms with Crippen LogP contribution in [0.25, 0.3) is 44.5 Å². The number of para-hydroxylation sites is 1. The molecule has 0 aliphatic carbocycles. The first-order chi connectivity index (χ1) is 27.5. The van der Waals surface area contributed by atoms with Crippen LogP contribution in [0.5, 0.6) is 0 Å². The Morgan fingerprint density at radius 1 is 0.333 bits per heavy atom. The van der Waals surface area contributed by atoms with Gasteiger partial charge in [0.2, 0.25) is 0 Å². The van der Waals surface area contributed by atoms with E-state index in [1.165, 1.54) is 48.5 Å². The summed E-state index contributed by atoms with van der Waals surface area (Å²) in [5, 5.41) is 2.81. The van der Waals surface area contributed by atoms with E-state index in [0.29, 0.717) is 4.47 Å². The fourth-order valence-electron chi connectivity index (χ4n) is 5.67. The molecule has 0 unspecified atom stereocenters. The lowest BCUT2D eigenvalue weighted by atomic mass is 10.00. The molecule has 9 heteroatoms. The number of anilines is 3. The van der Waals surface area contributed by atoms with E-state index >= 15 is 0 Å². The zero-order chi connectivity index (χ0) is 40.3. The van der Waals surface area contributed by atoms with Crippen LogP contribution in [0.3, 0.4) is 0 Å². The van der Waals surface area contributed by atoms with E-state index in [1.54, 1.807) is 84.9 Å². The van der Waals surface area contributed by atoms with Crippen molar-refractivity contribution < 1.29 is 26.3 Å². The molecule has 8 aromatic rings. The lowest BCUT2D eigenvalue weighted by molar-refractivity contribution is 0.621. The summed E-state index contributed by atoms with van der Waals surface area (Å²) in [5.74, 6) is -2.07. The molecule has 8 rings (SSSR count). The second-order valence-electron chi connectivity index (χ2n) is 12.6. The Morgan fingerprint density at radius 2 is 0.684 bits per heavy atom. The summed E-state index contributed by atoms with van der Waals surface area (Å²) < 4.78 is 80.0. The first-order valence-corrected chi connectivity index (χ1v) is 18.3. The summed E-state index contributed by atoms with van der Waals surface area (Å²) in [6.07, 6.45) is 0. The first-order valence-electron chi connectivity index (χ1n) is 17.5. The van der Waals surface area contributed by atoms with Crippen molar-refractivity contribution in [1.29, 1.82) is 0 Å². The van der Waals surface area contributed by atoms with Crippen molar-refractivity contribution in [3.05, 3.63) is 221 Å². The van der Waals surface area contributed by atoms with Crippen molar-refractivity contribution in [3.8, 4) is 44.5 Å². The quantitative estimate of drug-likeness (QED) is 0.129. The zero-order valence-corrected chi connectivity index (χ0v) is 31.6. The molecule has 0 saturated carbocycles. The molecule has 0 spiro atoms. The van der Waals surface area contributed by atoms with Crippen molar-refractivity contribution in [2.75, 3.05) is 11.1 Å². The Kier molecular flexibility index (Phi) is 13.3. The third-order valence-corrected chi connectivity index (χ3v) is 9.36. The summed E-state index contributed by atoms with van der Waals surface area (Å²) in [7, 11) is 0. The monoisotopic (exact) mass is 830 g/mol. The van der Waals surface area contributed by atoms with Gasteiger partial charge in [0.1, 0.15) is 34.9 Å². The largest absolute Gasteiger partial charge is 0.396 e. The van der Waals surface area contributed by atoms with Crippen LogP contribution in [-0.2, 0) is 0 Å². The highest BCUT2D eigenvalue weighted by atomic mass is 79.9. The molecule has 0 amide bonds. The van der Waals surface area contributed by atoms with E-state index in [2.05, 4.69) is 21.2 Å². The lowest BCUT2D eigenvalue weighted by Gasteiger charge is -2.11. The predicted molar refractivity (Wildman–Crippen MR) is 223 cm³/mol. The molecular weight excluding hydrogens is 798 g/mol. The van der Waals surface area contributed by atoms with E-state index in [4.69, 9.17) is 5.73 Å². The second kappa shape index (κ2) is 18.8. The van der Waals surface area contributed by atoms with Crippen LogP contribution in [-0.4, -0.2) is 0 Å². The molecule has 3 N–H and O–H groups in total. The van der Waals surface area contributed by atoms with Gasteiger partial charge in [0.05, 0.1) is 21.5 Å². The normalized spacial score (nSPS) is 10.4. The molecule has 0 aliphatic rings. The maximum atomic E-state index is 14.2. The van der Waals surface area contributed by atoms with Gasteiger partial charge in [-0.05, 0) is 133 Å². The Bertz CT molecular complexity index is 2540. The minimum absolute atomic E-state index is 0.134. The van der Waals surface area contributed by atoms with Gasteiger partial charge in [-0.1, -0.05) is 109 Å². The molecule has 0 heterocycles. The van der Waals surface area contributed by atoms with Gasteiger partial charge in [0.15, 0.2) is 0 Å². The lowest BCUT2D eigenvalue weighted by Crippen LogP contribution is -1.96. The number of halogens is 7. The van der Waals surface area contributed by atoms with Crippen LogP contribution in [0, 0.1) is 34.9 Å². The highest BCUT2D eigenvalue weighted by Crippen LogP contribution is 2.31. The fourth-order valence-corrected chi connectivity index (χ4v) is 5.95. The Balaban J connectivity index is 0.000000166. The highest BCUT2D eigenvalue weighted by molar-refractivity contribution is 9.10. The van der Waals surface area contributed by atoms with Crippen LogP contribution in [0.15, 0.2) is 186 Å². The van der Waals surface area contributed by atoms with Crippen molar-refractivity contribution >= 4 is 33.0 Å². The van der Waals surface area contributed by atoms with Crippen molar-refractivity contribution in [2.45, 2.75) is 0 Å². The van der Waals surface area contributed by atoms with Crippen molar-refractivity contribution in [1.82, 2.24) is 0 Å². The molecule has 8 aromatic carbocycles. The summed E-state index contributed by atoms with van der Waals surface area (Å²) in [5.41, 5.74) is 13.4. The number of hydrogen-bond acceptors (Lipinski definition) is 2. The van der Waals surface area contributed by atoms with E-state index in [0.717, 1.165) is 44.5 Å². The molecule has 0 radical (unpaired) electrons. The highest BCUT2D eigenvalue weighted by Gasteiger charge is 2.09. The van der Waals surface area contributed by atoms with Crippen LogP contribution < -0.4 is 11.1 Å². The molecule has 0 atom stereocenters. The average molecular weight is 832 g/mol. The molecular formula is C48H33BrF6N2. The van der Waals surface area contributed by atoms with Gasteiger partial charge in [0.25, 0.3) is 0 Å². The number of hydrogen-bond donors (Lipinski definition) is 2. The van der Waals surface area contributed by atoms with E-state index in [1.807, 2.05) is 48.5 Å². The molecule has 57 heavy (non-hydrogen) atoms. The third kappa shape index (κ3) is 10.8. The van der Waals surface area contributed by atoms with Crippen molar-refractivity contribution in [3.63, 3.8) is 0 Å². The summed E-state index contributed by atoms with van der Waals surface area (Å²) >= 11 is 3.02. The van der Waals surface area contributed by atoms with Gasteiger partial charge >= 0.3 is 0 Å². The summed E-state index contributed by atoms with van der Waals surface area (Å²) in [6, 6.07) is 50.0. The van der Waals surface area contributed by atoms with E-state index in [-0.39, 0.29) is 34.5 Å². The SMILES string of the molecule is Fc1ccc(-c2ccc(-c3ccc(F)c(Nc4ccccc4F)c3)cc2)cc1.Fc1ccccc1Br.Nc1cc(-c2ccc(-c3ccc(F)cc3)cc2)ccc1F. The van der Waals surface area contributed by atoms with Crippen LogP contribution in [0.4, 0.5) is 43.4 Å². The van der Waals surface area contributed by atoms with Gasteiger partial charge < -0.3 is 11.1 Å². The zero-order valence-electron chi connectivity index (χ0n) is 30.0. The first kappa shape index (κ1) is 40.1. The van der Waals surface area contributed by atoms with Gasteiger partial charge in [-0.25, -0.2) is 26.3 Å². The van der Waals surface area contributed by atoms with Crippen LogP contribution >= 0.6 is 15.9 Å². The molecule has 284 valence electrons. The number of benzene rings is 8. The van der Waals surface area contributed by atoms with Crippen LogP contribution in [0.1, 0.15) is 0 Å². The topological polar surface area (TPSA) is 38.0 Å². The van der Waals surface area contributed by atoms with E-state index in [9.17, 15) is 26.3 Å². The smallest absolute Gasteiger partial charge is 0.146 e. The van der Waals surface area contributed by atoms with Gasteiger partial charge in [-0.2, -0.15) is 0 Å². The van der Waals surface area contributed by atoms with Gasteiger partial charge in [0, 0.05) is 0 Å². The van der Waals surface area contributed by atoms with Gasteiger partial charge in [-0.15, -0.1) is 0 Å². The number of nitrogens with one attached hydrogen (secondary N) is 1. The molecule has 0 aromatic heterocycles. The fraction of sp³-hybridized carbons (Fsp3) is 0. The second-order valence-corrected chi connectivity index (χ2v) is 13.5. The number of nitrogens with two attached hydrogens (primary N) is 1. The minimum Gasteiger partial charge on any atom is -0.396 e. The Morgan fingerprint density at radius 3 is 1.11 bits per heavy atom. The predicted octanol–water partition coefficient (Wildman–Crippen LogP) is 14.7. The van der Waals surface area contributed by atoms with Gasteiger partial charge in [-0.3, -0.25) is 0 Å². The molecule has 2 nitrogen and oxygen atoms in total. The maximum Gasteiger partial charge on any atom is 0.146 e. The van der Waals surface area contributed by atoms with Crippen molar-refractivity contribution in [2.24, 2.45) is 0 Å². The van der Waals surface area contributed by atoms with E-state index < -0.39 is 17.5 Å². The third-order valence-electron chi connectivity index (χ3n) is 8.72. The molecule has 0 bridgehead atoms. The molecule has 0 fully saturated rings. The minimum atomic E-state index is -0.463. The summed E-state index contributed by atoms with van der Waals surface area (Å²) in [4.78, 5) is 0. The standard InChI is InChI=1S/C24H16F3N.C18H13F2N.C6H4BrF/c25-20-12-9-17(10-13-20)16-5-7-18(8-6-16)19-11-14-22(27)24(15-19)28-23-4-2-1-3-21(23)26;19-16-8-5-13(6-9-16)12-1-3-14(4-2-12)15-7-10-17(20)18(21)11-15;7-5-3-1-2-4-6(5)8/h1-15,28H;1-11H,21H2;1-4H. The molecule has 0 saturated heterocycles. The number of rotatable bonds is 6. The Labute approximate surface area is 335 Å².